The molecule has 0 radical (unpaired) electrons. The van der Waals surface area contributed by atoms with E-state index < -0.39 is 18.5 Å². The SMILES string of the molecule is COc1ccccc1OCC(=O)OCC(=O)N=c1sccn1Cc1ccccc1Cl. The highest BCUT2D eigenvalue weighted by atomic mass is 35.5. The van der Waals surface area contributed by atoms with Crippen molar-refractivity contribution in [2.24, 2.45) is 4.99 Å². The van der Waals surface area contributed by atoms with Gasteiger partial charge in [-0.2, -0.15) is 4.99 Å². The summed E-state index contributed by atoms with van der Waals surface area (Å²) < 4.78 is 17.3. The van der Waals surface area contributed by atoms with Crippen LogP contribution in [0.1, 0.15) is 5.56 Å². The van der Waals surface area contributed by atoms with E-state index in [1.54, 1.807) is 34.9 Å². The summed E-state index contributed by atoms with van der Waals surface area (Å²) >= 11 is 7.49. The van der Waals surface area contributed by atoms with E-state index in [4.69, 9.17) is 25.8 Å². The molecular formula is C21H19ClN2O5S. The lowest BCUT2D eigenvalue weighted by Gasteiger charge is -2.09. The molecule has 0 aliphatic heterocycles. The molecule has 0 atom stereocenters. The van der Waals surface area contributed by atoms with Crippen LogP contribution in [0.3, 0.4) is 0 Å². The van der Waals surface area contributed by atoms with Gasteiger partial charge >= 0.3 is 5.97 Å². The molecule has 1 amide bonds. The highest BCUT2D eigenvalue weighted by Crippen LogP contribution is 2.25. The standard InChI is InChI=1S/C21H19ClN2O5S/c1-27-17-8-4-5-9-18(17)28-14-20(26)29-13-19(25)23-21-24(10-11-30-21)12-15-6-2-3-7-16(15)22/h2-11H,12-14H2,1H3. The molecule has 9 heteroatoms. The van der Waals surface area contributed by atoms with Crippen LogP contribution < -0.4 is 14.3 Å². The molecule has 0 bridgehead atoms. The van der Waals surface area contributed by atoms with Gasteiger partial charge in [0.05, 0.1) is 13.7 Å². The third-order valence-corrected chi connectivity index (χ3v) is 5.11. The minimum Gasteiger partial charge on any atom is -0.493 e. The average molecular weight is 447 g/mol. The number of amides is 1. The van der Waals surface area contributed by atoms with Gasteiger partial charge in [0.15, 0.2) is 29.5 Å². The van der Waals surface area contributed by atoms with Gasteiger partial charge in [-0.3, -0.25) is 4.79 Å². The molecule has 1 heterocycles. The first-order valence-corrected chi connectivity index (χ1v) is 10.2. The van der Waals surface area contributed by atoms with Crippen LogP contribution in [0.25, 0.3) is 0 Å². The number of carbonyl (C=O) groups is 2. The quantitative estimate of drug-likeness (QED) is 0.496. The number of nitrogens with zero attached hydrogens (tertiary/aromatic N) is 2. The van der Waals surface area contributed by atoms with E-state index in [0.29, 0.717) is 27.9 Å². The van der Waals surface area contributed by atoms with Crippen molar-refractivity contribution in [3.63, 3.8) is 0 Å². The van der Waals surface area contributed by atoms with Gasteiger partial charge in [-0.15, -0.1) is 11.3 Å². The lowest BCUT2D eigenvalue weighted by Crippen LogP contribution is -2.22. The summed E-state index contributed by atoms with van der Waals surface area (Å²) in [6.45, 7) is -0.348. The van der Waals surface area contributed by atoms with Crippen LogP contribution >= 0.6 is 22.9 Å². The molecule has 0 N–H and O–H groups in total. The molecule has 0 aliphatic carbocycles. The number of hydrogen-bond acceptors (Lipinski definition) is 6. The van der Waals surface area contributed by atoms with Crippen molar-refractivity contribution in [1.82, 2.24) is 4.57 Å². The first kappa shape index (κ1) is 21.6. The molecule has 0 aliphatic rings. The minimum atomic E-state index is -0.681. The Morgan fingerprint density at radius 3 is 2.57 bits per heavy atom. The molecule has 0 saturated heterocycles. The fourth-order valence-corrected chi connectivity index (χ4v) is 3.46. The topological polar surface area (TPSA) is 79.1 Å². The monoisotopic (exact) mass is 446 g/mol. The molecule has 156 valence electrons. The van der Waals surface area contributed by atoms with Crippen LogP contribution in [-0.2, 0) is 20.9 Å². The number of para-hydroxylation sites is 2. The summed E-state index contributed by atoms with van der Waals surface area (Å²) in [6.07, 6.45) is 1.81. The molecule has 3 rings (SSSR count). The van der Waals surface area contributed by atoms with Crippen LogP contribution in [0.5, 0.6) is 11.5 Å². The molecule has 0 fully saturated rings. The van der Waals surface area contributed by atoms with Gasteiger partial charge in [0.25, 0.3) is 5.91 Å². The largest absolute Gasteiger partial charge is 0.493 e. The van der Waals surface area contributed by atoms with E-state index >= 15 is 0 Å². The fraction of sp³-hybridized carbons (Fsp3) is 0.190. The Morgan fingerprint density at radius 2 is 1.80 bits per heavy atom. The second-order valence-corrected chi connectivity index (χ2v) is 7.29. The summed E-state index contributed by atoms with van der Waals surface area (Å²) in [6, 6.07) is 14.4. The Morgan fingerprint density at radius 1 is 1.07 bits per heavy atom. The summed E-state index contributed by atoms with van der Waals surface area (Å²) in [4.78, 5) is 28.5. The minimum absolute atomic E-state index is 0.348. The predicted molar refractivity (Wildman–Crippen MR) is 113 cm³/mol. The Labute approximate surface area is 182 Å². The van der Waals surface area contributed by atoms with Gasteiger partial charge in [-0.1, -0.05) is 41.9 Å². The maximum atomic E-state index is 12.1. The van der Waals surface area contributed by atoms with Crippen molar-refractivity contribution in [3.8, 4) is 11.5 Å². The van der Waals surface area contributed by atoms with Crippen LogP contribution in [0.4, 0.5) is 0 Å². The number of carbonyl (C=O) groups excluding carboxylic acids is 2. The zero-order chi connectivity index (χ0) is 21.3. The zero-order valence-corrected chi connectivity index (χ0v) is 17.7. The predicted octanol–water partition coefficient (Wildman–Crippen LogP) is 3.31. The number of ether oxygens (including phenoxy) is 3. The van der Waals surface area contributed by atoms with E-state index in [1.165, 1.54) is 18.4 Å². The Hall–Kier alpha value is -3.10. The highest BCUT2D eigenvalue weighted by Gasteiger charge is 2.11. The molecular weight excluding hydrogens is 428 g/mol. The number of hydrogen-bond donors (Lipinski definition) is 0. The highest BCUT2D eigenvalue weighted by molar-refractivity contribution is 7.07. The fourth-order valence-electron chi connectivity index (χ4n) is 2.51. The van der Waals surface area contributed by atoms with Crippen molar-refractivity contribution < 1.29 is 23.8 Å². The van der Waals surface area contributed by atoms with E-state index in [9.17, 15) is 9.59 Å². The normalized spacial score (nSPS) is 11.2. The Kier molecular flexibility index (Phi) is 7.64. The second-order valence-electron chi connectivity index (χ2n) is 6.01. The summed E-state index contributed by atoms with van der Waals surface area (Å²) in [5, 5.41) is 2.45. The summed E-state index contributed by atoms with van der Waals surface area (Å²) in [7, 11) is 1.50. The maximum Gasteiger partial charge on any atom is 0.344 e. The third-order valence-electron chi connectivity index (χ3n) is 3.95. The summed E-state index contributed by atoms with van der Waals surface area (Å²) in [5.41, 5.74) is 0.909. The molecule has 0 saturated carbocycles. The molecule has 1 aromatic heterocycles. The first-order chi connectivity index (χ1) is 14.6. The molecule has 0 spiro atoms. The van der Waals surface area contributed by atoms with E-state index in [2.05, 4.69) is 4.99 Å². The number of benzene rings is 2. The number of aromatic nitrogens is 1. The number of rotatable bonds is 8. The zero-order valence-electron chi connectivity index (χ0n) is 16.1. The van der Waals surface area contributed by atoms with Gasteiger partial charge in [0, 0.05) is 16.6 Å². The number of thiazole rings is 1. The van der Waals surface area contributed by atoms with Crippen LogP contribution in [0, 0.1) is 0 Å². The number of halogens is 1. The van der Waals surface area contributed by atoms with Crippen molar-refractivity contribution in [3.05, 3.63) is 75.5 Å². The molecule has 2 aromatic carbocycles. The smallest absolute Gasteiger partial charge is 0.344 e. The van der Waals surface area contributed by atoms with E-state index in [0.717, 1.165) is 5.56 Å². The van der Waals surface area contributed by atoms with Gasteiger partial charge in [-0.25, -0.2) is 4.79 Å². The van der Waals surface area contributed by atoms with Gasteiger partial charge < -0.3 is 18.8 Å². The number of methoxy groups -OCH3 is 1. The van der Waals surface area contributed by atoms with Gasteiger partial charge in [0.2, 0.25) is 0 Å². The van der Waals surface area contributed by atoms with Gasteiger partial charge in [0.1, 0.15) is 0 Å². The molecule has 0 unspecified atom stereocenters. The lowest BCUT2D eigenvalue weighted by atomic mass is 10.2. The lowest BCUT2D eigenvalue weighted by molar-refractivity contribution is -0.149. The van der Waals surface area contributed by atoms with Crippen molar-refractivity contribution in [2.75, 3.05) is 20.3 Å². The summed E-state index contributed by atoms with van der Waals surface area (Å²) in [5.74, 6) is -0.347. The molecule has 30 heavy (non-hydrogen) atoms. The molecule has 7 nitrogen and oxygen atoms in total. The van der Waals surface area contributed by atoms with Gasteiger partial charge in [-0.05, 0) is 23.8 Å². The number of esters is 1. The van der Waals surface area contributed by atoms with Crippen molar-refractivity contribution in [1.29, 1.82) is 0 Å². The van der Waals surface area contributed by atoms with Crippen molar-refractivity contribution in [2.45, 2.75) is 6.54 Å². The second kappa shape index (κ2) is 10.6. The van der Waals surface area contributed by atoms with E-state index in [-0.39, 0.29) is 6.61 Å². The Bertz CT molecular complexity index is 1090. The maximum absolute atomic E-state index is 12.1. The third kappa shape index (κ3) is 5.95. The van der Waals surface area contributed by atoms with Crippen molar-refractivity contribution >= 4 is 34.8 Å². The van der Waals surface area contributed by atoms with E-state index in [1.807, 2.05) is 29.8 Å². The Balaban J connectivity index is 1.54. The van der Waals surface area contributed by atoms with Crippen LogP contribution in [-0.4, -0.2) is 36.8 Å². The molecule has 3 aromatic rings. The van der Waals surface area contributed by atoms with Crippen LogP contribution in [0.2, 0.25) is 5.02 Å². The van der Waals surface area contributed by atoms with Crippen LogP contribution in [0.15, 0.2) is 65.1 Å². The average Bonchev–Trinajstić information content (AvgIpc) is 3.19. The first-order valence-electron chi connectivity index (χ1n) is 8.93.